The third-order valence-corrected chi connectivity index (χ3v) is 4.09. The van der Waals surface area contributed by atoms with Crippen LogP contribution in [0.3, 0.4) is 0 Å². The summed E-state index contributed by atoms with van der Waals surface area (Å²) in [6, 6.07) is 3.72. The van der Waals surface area contributed by atoms with Crippen LogP contribution in [0.4, 0.5) is 0 Å². The van der Waals surface area contributed by atoms with Crippen molar-refractivity contribution in [1.82, 2.24) is 0 Å². The maximum atomic E-state index is 11.0. The van der Waals surface area contributed by atoms with Crippen LogP contribution in [0.5, 0.6) is 5.75 Å². The Hall–Kier alpha value is -1.77. The molecule has 0 spiro atoms. The van der Waals surface area contributed by atoms with Gasteiger partial charge in [0.25, 0.3) is 0 Å². The molecule has 21 heavy (non-hydrogen) atoms. The van der Waals surface area contributed by atoms with Gasteiger partial charge in [-0.05, 0) is 47.9 Å². The average Bonchev–Trinajstić information content (AvgIpc) is 2.46. The Bertz CT molecular complexity index is 517. The van der Waals surface area contributed by atoms with E-state index in [-0.39, 0.29) is 5.57 Å². The van der Waals surface area contributed by atoms with E-state index in [0.29, 0.717) is 18.1 Å². The highest BCUT2D eigenvalue weighted by Crippen LogP contribution is 2.27. The van der Waals surface area contributed by atoms with Gasteiger partial charge >= 0.3 is 5.97 Å². The van der Waals surface area contributed by atoms with Crippen molar-refractivity contribution in [2.75, 3.05) is 0 Å². The van der Waals surface area contributed by atoms with Gasteiger partial charge in [-0.3, -0.25) is 0 Å². The molecule has 116 valence electrons. The van der Waals surface area contributed by atoms with Crippen molar-refractivity contribution in [2.24, 2.45) is 5.92 Å². The number of rotatable bonds is 8. The number of phenols is 1. The first-order valence-corrected chi connectivity index (χ1v) is 7.63. The number of aryl methyl sites for hydroxylation is 2. The zero-order valence-corrected chi connectivity index (χ0v) is 13.3. The van der Waals surface area contributed by atoms with Gasteiger partial charge in [0, 0.05) is 12.0 Å². The standard InChI is InChI=1S/C18H26O3/c1-5-12(3)7-8-15-11-17(19)14(6-2)10-16(15)9-13(4)18(20)21/h10-12,19H,4-9H2,1-3H3,(H,20,21). The molecule has 3 heteroatoms. The predicted molar refractivity (Wildman–Crippen MR) is 85.7 cm³/mol. The Morgan fingerprint density at radius 2 is 1.90 bits per heavy atom. The van der Waals surface area contributed by atoms with Crippen LogP contribution >= 0.6 is 0 Å². The van der Waals surface area contributed by atoms with Gasteiger partial charge in [-0.2, -0.15) is 0 Å². The monoisotopic (exact) mass is 290 g/mol. The highest BCUT2D eigenvalue weighted by molar-refractivity contribution is 5.86. The van der Waals surface area contributed by atoms with Gasteiger partial charge in [0.2, 0.25) is 0 Å². The number of carboxylic acids is 1. The maximum absolute atomic E-state index is 11.0. The summed E-state index contributed by atoms with van der Waals surface area (Å²) in [5.41, 5.74) is 3.05. The normalized spacial score (nSPS) is 12.1. The van der Waals surface area contributed by atoms with Crippen LogP contribution in [0.25, 0.3) is 0 Å². The zero-order valence-electron chi connectivity index (χ0n) is 13.3. The molecule has 0 amide bonds. The minimum Gasteiger partial charge on any atom is -0.508 e. The number of phenolic OH excluding ortho intramolecular Hbond substituents is 1. The van der Waals surface area contributed by atoms with E-state index in [2.05, 4.69) is 20.4 Å². The minimum atomic E-state index is -0.964. The number of carbonyl (C=O) groups is 1. The predicted octanol–water partition coefficient (Wildman–Crippen LogP) is 4.12. The van der Waals surface area contributed by atoms with Crippen molar-refractivity contribution in [1.29, 1.82) is 0 Å². The topological polar surface area (TPSA) is 57.5 Å². The van der Waals surface area contributed by atoms with E-state index in [1.54, 1.807) is 6.07 Å². The molecule has 1 aromatic carbocycles. The Balaban J connectivity index is 3.05. The lowest BCUT2D eigenvalue weighted by Gasteiger charge is -2.15. The summed E-state index contributed by atoms with van der Waals surface area (Å²) in [6.45, 7) is 9.96. The third kappa shape index (κ3) is 4.92. The van der Waals surface area contributed by atoms with Crippen molar-refractivity contribution >= 4 is 5.97 Å². The van der Waals surface area contributed by atoms with Crippen molar-refractivity contribution in [2.45, 2.75) is 52.9 Å². The molecule has 0 aromatic heterocycles. The van der Waals surface area contributed by atoms with Gasteiger partial charge in [0.1, 0.15) is 5.75 Å². The summed E-state index contributed by atoms with van der Waals surface area (Å²) in [4.78, 5) is 11.0. The third-order valence-electron chi connectivity index (χ3n) is 4.09. The fraction of sp³-hybridized carbons (Fsp3) is 0.500. The lowest BCUT2D eigenvalue weighted by molar-refractivity contribution is -0.132. The fourth-order valence-electron chi connectivity index (χ4n) is 2.32. The van der Waals surface area contributed by atoms with Gasteiger partial charge in [0.05, 0.1) is 0 Å². The van der Waals surface area contributed by atoms with Crippen LogP contribution in [0.1, 0.15) is 50.3 Å². The highest BCUT2D eigenvalue weighted by Gasteiger charge is 2.13. The molecule has 0 heterocycles. The molecule has 0 fully saturated rings. The molecule has 0 aliphatic carbocycles. The minimum absolute atomic E-state index is 0.188. The maximum Gasteiger partial charge on any atom is 0.331 e. The second-order valence-electron chi connectivity index (χ2n) is 5.74. The molecule has 2 N–H and O–H groups in total. The smallest absolute Gasteiger partial charge is 0.331 e. The molecule has 1 atom stereocenters. The van der Waals surface area contributed by atoms with E-state index in [0.717, 1.165) is 42.4 Å². The van der Waals surface area contributed by atoms with Gasteiger partial charge in [0.15, 0.2) is 0 Å². The number of carboxylic acid groups (broad SMARTS) is 1. The quantitative estimate of drug-likeness (QED) is 0.708. The Kier molecular flexibility index (Phi) is 6.47. The van der Waals surface area contributed by atoms with Crippen molar-refractivity contribution in [3.05, 3.63) is 41.0 Å². The van der Waals surface area contributed by atoms with Gasteiger partial charge in [-0.1, -0.05) is 39.8 Å². The Morgan fingerprint density at radius 1 is 1.24 bits per heavy atom. The highest BCUT2D eigenvalue weighted by atomic mass is 16.4. The van der Waals surface area contributed by atoms with Crippen LogP contribution in [0.15, 0.2) is 24.3 Å². The van der Waals surface area contributed by atoms with Crippen LogP contribution in [0.2, 0.25) is 0 Å². The van der Waals surface area contributed by atoms with E-state index in [9.17, 15) is 9.90 Å². The molecular formula is C18H26O3. The molecule has 0 saturated carbocycles. The molecule has 0 saturated heterocycles. The zero-order chi connectivity index (χ0) is 16.0. The van der Waals surface area contributed by atoms with Crippen molar-refractivity contribution < 1.29 is 15.0 Å². The first-order valence-electron chi connectivity index (χ1n) is 7.63. The van der Waals surface area contributed by atoms with Crippen LogP contribution < -0.4 is 0 Å². The fourth-order valence-corrected chi connectivity index (χ4v) is 2.32. The summed E-state index contributed by atoms with van der Waals surface area (Å²) in [5, 5.41) is 19.1. The summed E-state index contributed by atoms with van der Waals surface area (Å²) in [5.74, 6) is -0.0381. The van der Waals surface area contributed by atoms with E-state index in [1.165, 1.54) is 0 Å². The first kappa shape index (κ1) is 17.3. The second kappa shape index (κ2) is 7.87. The lowest BCUT2D eigenvalue weighted by atomic mass is 9.91. The van der Waals surface area contributed by atoms with E-state index in [1.807, 2.05) is 13.0 Å². The van der Waals surface area contributed by atoms with Crippen LogP contribution in [-0.4, -0.2) is 16.2 Å². The van der Waals surface area contributed by atoms with Gasteiger partial charge in [-0.25, -0.2) is 4.79 Å². The molecule has 0 bridgehead atoms. The molecular weight excluding hydrogens is 264 g/mol. The van der Waals surface area contributed by atoms with Crippen LogP contribution in [0, 0.1) is 5.92 Å². The second-order valence-corrected chi connectivity index (χ2v) is 5.74. The van der Waals surface area contributed by atoms with Crippen LogP contribution in [-0.2, 0) is 24.1 Å². The summed E-state index contributed by atoms with van der Waals surface area (Å²) >= 11 is 0. The lowest BCUT2D eigenvalue weighted by Crippen LogP contribution is -2.06. The van der Waals surface area contributed by atoms with E-state index in [4.69, 9.17) is 5.11 Å². The largest absolute Gasteiger partial charge is 0.508 e. The number of aromatic hydroxyl groups is 1. The van der Waals surface area contributed by atoms with Crippen molar-refractivity contribution in [3.8, 4) is 5.75 Å². The number of aliphatic carboxylic acids is 1. The Labute approximate surface area is 127 Å². The first-order chi connectivity index (χ1) is 9.88. The van der Waals surface area contributed by atoms with E-state index >= 15 is 0 Å². The SMILES string of the molecule is C=C(Cc1cc(CC)c(O)cc1CCC(C)CC)C(=O)O. The van der Waals surface area contributed by atoms with E-state index < -0.39 is 5.97 Å². The average molecular weight is 290 g/mol. The molecule has 1 aromatic rings. The summed E-state index contributed by atoms with van der Waals surface area (Å²) < 4.78 is 0. The molecule has 1 unspecified atom stereocenters. The summed E-state index contributed by atoms with van der Waals surface area (Å²) in [7, 11) is 0. The molecule has 1 rings (SSSR count). The van der Waals surface area contributed by atoms with Gasteiger partial charge in [-0.15, -0.1) is 0 Å². The van der Waals surface area contributed by atoms with Gasteiger partial charge < -0.3 is 10.2 Å². The van der Waals surface area contributed by atoms with Crippen molar-refractivity contribution in [3.63, 3.8) is 0 Å². The number of benzene rings is 1. The molecule has 3 nitrogen and oxygen atoms in total. The molecule has 0 aliphatic heterocycles. The number of hydrogen-bond donors (Lipinski definition) is 2. The summed E-state index contributed by atoms with van der Waals surface area (Å²) in [6.07, 6.45) is 4.07. The Morgan fingerprint density at radius 3 is 2.43 bits per heavy atom. The number of hydrogen-bond acceptors (Lipinski definition) is 2. The molecule has 0 radical (unpaired) electrons. The molecule has 0 aliphatic rings.